The van der Waals surface area contributed by atoms with E-state index in [9.17, 15) is 8.42 Å². The molecule has 0 saturated carbocycles. The lowest BCUT2D eigenvalue weighted by Gasteiger charge is -2.01. The fourth-order valence-corrected chi connectivity index (χ4v) is 3.35. The van der Waals surface area contributed by atoms with Gasteiger partial charge in [0, 0.05) is 18.0 Å². The molecule has 0 spiro atoms. The third-order valence-electron chi connectivity index (χ3n) is 4.25. The predicted octanol–water partition coefficient (Wildman–Crippen LogP) is 3.40. The van der Waals surface area contributed by atoms with Crippen LogP contribution in [-0.2, 0) is 10.7 Å². The van der Waals surface area contributed by atoms with E-state index in [-0.39, 0.29) is 4.90 Å². The lowest BCUT2D eigenvalue weighted by Crippen LogP contribution is -1.85. The van der Waals surface area contributed by atoms with Gasteiger partial charge in [-0.05, 0) is 35.9 Å². The van der Waals surface area contributed by atoms with E-state index in [2.05, 4.69) is 19.9 Å². The first kappa shape index (κ1) is 15.7. The summed E-state index contributed by atoms with van der Waals surface area (Å²) in [5.74, 6) is 0.953. The Morgan fingerprint density at radius 3 is 2.63 bits per heavy atom. The Hall–Kier alpha value is -3.52. The number of H-pyrrole nitrogens is 1. The number of fused-ring (bicyclic) bond motifs is 2. The zero-order chi connectivity index (χ0) is 18.4. The van der Waals surface area contributed by atoms with Crippen LogP contribution >= 0.6 is 0 Å². The van der Waals surface area contributed by atoms with Gasteiger partial charge >= 0.3 is 0 Å². The van der Waals surface area contributed by atoms with Crippen LogP contribution in [-0.4, -0.2) is 28.4 Å². The maximum Gasteiger partial charge on any atom is 0.264 e. The molecule has 0 aliphatic heterocycles. The summed E-state index contributed by atoms with van der Waals surface area (Å²) >= 11 is 0. The topological polar surface area (TPSA) is 102 Å². The van der Waals surface area contributed by atoms with Gasteiger partial charge in [-0.15, -0.1) is 0 Å². The Morgan fingerprint density at radius 1 is 0.889 bits per heavy atom. The molecule has 5 aromatic rings. The maximum atomic E-state index is 11.2. The number of hydrogen-bond acceptors (Lipinski definition) is 6. The van der Waals surface area contributed by atoms with E-state index in [0.717, 1.165) is 16.6 Å². The van der Waals surface area contributed by atoms with Crippen LogP contribution in [0.25, 0.3) is 45.0 Å². The number of oxazole rings is 1. The molecule has 0 unspecified atom stereocenters. The smallest absolute Gasteiger partial charge is 0.264 e. The Kier molecular flexibility index (Phi) is 3.51. The third-order valence-corrected chi connectivity index (χ3v) is 4.91. The lowest BCUT2D eigenvalue weighted by atomic mass is 10.1. The van der Waals surface area contributed by atoms with E-state index < -0.39 is 10.7 Å². The summed E-state index contributed by atoms with van der Waals surface area (Å²) in [6.45, 7) is 0. The summed E-state index contributed by atoms with van der Waals surface area (Å²) in [7, 11) is -2.68. The van der Waals surface area contributed by atoms with Gasteiger partial charge in [0.2, 0.25) is 0 Å². The molecule has 0 aliphatic carbocycles. The van der Waals surface area contributed by atoms with Gasteiger partial charge in [-0.25, -0.2) is 18.4 Å². The van der Waals surface area contributed by atoms with Crippen LogP contribution in [0.4, 0.5) is 0 Å². The molecule has 0 aliphatic rings. The summed E-state index contributed by atoms with van der Waals surface area (Å²) in [5.41, 5.74) is 4.50. The van der Waals surface area contributed by atoms with E-state index in [1.807, 2.05) is 42.5 Å². The number of benzene rings is 2. The summed E-state index contributed by atoms with van der Waals surface area (Å²) in [6, 6.07) is 14.8. The number of rotatable bonds is 3. The van der Waals surface area contributed by atoms with Crippen molar-refractivity contribution in [2.24, 2.45) is 0 Å². The van der Waals surface area contributed by atoms with Crippen molar-refractivity contribution in [2.45, 2.75) is 4.90 Å². The van der Waals surface area contributed by atoms with E-state index in [0.29, 0.717) is 28.4 Å². The molecule has 1 N–H and O–H groups in total. The Balaban J connectivity index is 1.59. The molecule has 5 rings (SSSR count). The van der Waals surface area contributed by atoms with Gasteiger partial charge in [-0.3, -0.25) is 4.98 Å². The van der Waals surface area contributed by atoms with E-state index in [4.69, 9.17) is 4.42 Å². The summed E-state index contributed by atoms with van der Waals surface area (Å²) in [6.07, 6.45) is 2.93. The number of nitrogens with one attached hydrogen (secondary N) is 1. The number of pyridine rings is 1. The highest BCUT2D eigenvalue weighted by Crippen LogP contribution is 2.28. The summed E-state index contributed by atoms with van der Waals surface area (Å²) in [5, 5.41) is 0. The molecule has 0 saturated heterocycles. The Bertz CT molecular complexity index is 1340. The van der Waals surface area contributed by atoms with Crippen molar-refractivity contribution in [1.82, 2.24) is 19.9 Å². The van der Waals surface area contributed by atoms with E-state index >= 15 is 0 Å². The Labute approximate surface area is 154 Å². The van der Waals surface area contributed by atoms with Crippen molar-refractivity contribution < 1.29 is 12.8 Å². The molecule has 0 amide bonds. The number of aromatic nitrogens is 4. The van der Waals surface area contributed by atoms with Crippen molar-refractivity contribution in [3.8, 4) is 22.8 Å². The van der Waals surface area contributed by atoms with E-state index in [1.165, 1.54) is 6.20 Å². The number of imidazole rings is 1. The second kappa shape index (κ2) is 6.03. The fourth-order valence-electron chi connectivity index (χ4n) is 2.95. The minimum atomic E-state index is -2.68. The highest BCUT2D eigenvalue weighted by molar-refractivity contribution is 7.72. The highest BCUT2D eigenvalue weighted by atomic mass is 32.2. The van der Waals surface area contributed by atoms with Crippen molar-refractivity contribution in [3.05, 3.63) is 60.9 Å². The second-order valence-electron chi connectivity index (χ2n) is 5.99. The molecular formula is C19H12N4O3S. The molecule has 3 heterocycles. The van der Waals surface area contributed by atoms with E-state index in [1.54, 1.807) is 12.3 Å². The van der Waals surface area contributed by atoms with Crippen molar-refractivity contribution in [1.29, 1.82) is 0 Å². The summed E-state index contributed by atoms with van der Waals surface area (Å²) in [4.78, 5) is 16.3. The average Bonchev–Trinajstić information content (AvgIpc) is 3.31. The molecule has 0 fully saturated rings. The van der Waals surface area contributed by atoms with Gasteiger partial charge in [0.25, 0.3) is 5.89 Å². The number of thiol groups is 1. The highest BCUT2D eigenvalue weighted by Gasteiger charge is 2.13. The zero-order valence-electron chi connectivity index (χ0n) is 13.8. The Morgan fingerprint density at radius 2 is 1.78 bits per heavy atom. The second-order valence-corrected chi connectivity index (χ2v) is 7.02. The van der Waals surface area contributed by atoms with Crippen LogP contribution in [0.2, 0.25) is 0 Å². The lowest BCUT2D eigenvalue weighted by molar-refractivity contribution is 0.614. The van der Waals surface area contributed by atoms with Crippen molar-refractivity contribution in [3.63, 3.8) is 0 Å². The van der Waals surface area contributed by atoms with Crippen LogP contribution in [0.15, 0.2) is 70.2 Å². The van der Waals surface area contributed by atoms with Crippen LogP contribution < -0.4 is 0 Å². The molecule has 3 aromatic heterocycles. The van der Waals surface area contributed by atoms with Gasteiger partial charge < -0.3 is 9.40 Å². The zero-order valence-corrected chi connectivity index (χ0v) is 14.7. The molecule has 132 valence electrons. The SMILES string of the molecule is O=[SH](=O)c1cncc(-c2ccc3nc(-c4nc5ccccc5[nH]4)oc3c2)c1. The van der Waals surface area contributed by atoms with Crippen LogP contribution in [0.3, 0.4) is 0 Å². The normalized spacial score (nSPS) is 11.6. The maximum absolute atomic E-state index is 11.2. The standard InChI is InChI=1S/C19H12N4O3S/c24-27(25)13-7-12(9-20-10-13)11-5-6-16-17(8-11)26-19(23-16)18-21-14-3-1-2-4-15(14)22-18/h1-10,27H,(H,21,22). The van der Waals surface area contributed by atoms with Gasteiger partial charge in [0.05, 0.1) is 15.9 Å². The van der Waals surface area contributed by atoms with Gasteiger partial charge in [-0.2, -0.15) is 0 Å². The van der Waals surface area contributed by atoms with Crippen LogP contribution in [0.1, 0.15) is 0 Å². The monoisotopic (exact) mass is 376 g/mol. The number of para-hydroxylation sites is 2. The molecule has 0 atom stereocenters. The quantitative estimate of drug-likeness (QED) is 0.468. The average molecular weight is 376 g/mol. The predicted molar refractivity (Wildman–Crippen MR) is 101 cm³/mol. The van der Waals surface area contributed by atoms with Crippen molar-refractivity contribution >= 4 is 32.8 Å². The molecule has 0 bridgehead atoms. The van der Waals surface area contributed by atoms with Crippen LogP contribution in [0, 0.1) is 0 Å². The van der Waals surface area contributed by atoms with Crippen molar-refractivity contribution in [2.75, 3.05) is 0 Å². The molecule has 27 heavy (non-hydrogen) atoms. The summed E-state index contributed by atoms with van der Waals surface area (Å²) < 4.78 is 28.3. The first-order valence-corrected chi connectivity index (χ1v) is 9.31. The van der Waals surface area contributed by atoms with Gasteiger partial charge in [0.15, 0.2) is 22.1 Å². The first-order valence-electron chi connectivity index (χ1n) is 8.13. The molecule has 2 aromatic carbocycles. The van der Waals surface area contributed by atoms with Gasteiger partial charge in [0.1, 0.15) is 5.52 Å². The molecule has 0 radical (unpaired) electrons. The molecule has 8 heteroatoms. The first-order chi connectivity index (χ1) is 13.2. The van der Waals surface area contributed by atoms with Crippen LogP contribution in [0.5, 0.6) is 0 Å². The minimum Gasteiger partial charge on any atom is -0.434 e. The number of aromatic amines is 1. The fraction of sp³-hybridized carbons (Fsp3) is 0. The molecular weight excluding hydrogens is 364 g/mol. The largest absolute Gasteiger partial charge is 0.434 e. The molecule has 7 nitrogen and oxygen atoms in total. The number of nitrogens with zero attached hydrogens (tertiary/aromatic N) is 3. The minimum absolute atomic E-state index is 0.170. The third kappa shape index (κ3) is 2.76. The van der Waals surface area contributed by atoms with Gasteiger partial charge in [-0.1, -0.05) is 18.2 Å². The number of hydrogen-bond donors (Lipinski definition) is 2.